The summed E-state index contributed by atoms with van der Waals surface area (Å²) in [5, 5.41) is 8.73. The number of ether oxygens (including phenoxy) is 3. The van der Waals surface area contributed by atoms with Crippen LogP contribution in [0.25, 0.3) is 0 Å². The number of rotatable bonds is 8. The molecule has 3 aliphatic rings. The monoisotopic (exact) mass is 382 g/mol. The van der Waals surface area contributed by atoms with E-state index in [4.69, 9.17) is 19.3 Å². The topological polar surface area (TPSA) is 65.0 Å². The number of aliphatic carboxylic acids is 1. The third-order valence-corrected chi connectivity index (χ3v) is 6.02. The molecule has 148 valence electrons. The van der Waals surface area contributed by atoms with E-state index in [1.807, 2.05) is 42.5 Å². The Kier molecular flexibility index (Phi) is 5.38. The maximum Gasteiger partial charge on any atom is 0.305 e. The van der Waals surface area contributed by atoms with Gasteiger partial charge in [0.1, 0.15) is 11.5 Å². The average Bonchev–Trinajstić information content (AvgIpc) is 2.74. The molecule has 3 fully saturated rings. The van der Waals surface area contributed by atoms with Crippen LogP contribution in [0, 0.1) is 0 Å². The van der Waals surface area contributed by atoms with Gasteiger partial charge in [-0.3, -0.25) is 4.79 Å². The summed E-state index contributed by atoms with van der Waals surface area (Å²) in [6, 6.07) is 18.1. The molecule has 2 aromatic carbocycles. The molecule has 1 N–H and O–H groups in total. The first-order chi connectivity index (χ1) is 13.6. The molecule has 2 saturated heterocycles. The number of carboxylic acid groups (broad SMARTS) is 1. The van der Waals surface area contributed by atoms with E-state index in [1.165, 1.54) is 5.56 Å². The Bertz CT molecular complexity index is 792. The first kappa shape index (κ1) is 19.0. The van der Waals surface area contributed by atoms with Gasteiger partial charge in [0, 0.05) is 5.41 Å². The van der Waals surface area contributed by atoms with Gasteiger partial charge < -0.3 is 19.3 Å². The van der Waals surface area contributed by atoms with Crippen LogP contribution >= 0.6 is 0 Å². The standard InChI is InChI=1S/C23H26O5/c24-21(25)9-14-26-17-23-12-10-22(11-13-23,16-27-23)18-5-4-8-20(15-18)28-19-6-2-1-3-7-19/h1-8,15H,9-14,16-17H2,(H,24,25). The van der Waals surface area contributed by atoms with Gasteiger partial charge in [0.15, 0.2) is 0 Å². The predicted octanol–water partition coefficient (Wildman–Crippen LogP) is 4.55. The fourth-order valence-corrected chi connectivity index (χ4v) is 4.25. The van der Waals surface area contributed by atoms with Crippen molar-refractivity contribution in [3.63, 3.8) is 0 Å². The van der Waals surface area contributed by atoms with Gasteiger partial charge in [0.25, 0.3) is 0 Å². The van der Waals surface area contributed by atoms with Gasteiger partial charge in [-0.05, 0) is 55.5 Å². The van der Waals surface area contributed by atoms with Crippen LogP contribution in [0.2, 0.25) is 0 Å². The van der Waals surface area contributed by atoms with E-state index in [9.17, 15) is 4.79 Å². The molecule has 2 heterocycles. The normalized spacial score (nSPS) is 26.1. The molecule has 5 rings (SSSR count). The summed E-state index contributed by atoms with van der Waals surface area (Å²) in [5.74, 6) is 0.845. The first-order valence-corrected chi connectivity index (χ1v) is 9.86. The second-order valence-electron chi connectivity index (χ2n) is 7.89. The highest BCUT2D eigenvalue weighted by atomic mass is 16.5. The van der Waals surface area contributed by atoms with Gasteiger partial charge in [0.05, 0.1) is 31.8 Å². The highest BCUT2D eigenvalue weighted by Crippen LogP contribution is 2.50. The van der Waals surface area contributed by atoms with Gasteiger partial charge in [-0.25, -0.2) is 0 Å². The van der Waals surface area contributed by atoms with Crippen molar-refractivity contribution in [2.24, 2.45) is 0 Å². The molecule has 2 aromatic rings. The molecule has 28 heavy (non-hydrogen) atoms. The van der Waals surface area contributed by atoms with Crippen LogP contribution in [0.15, 0.2) is 54.6 Å². The lowest BCUT2D eigenvalue weighted by Gasteiger charge is -2.53. The van der Waals surface area contributed by atoms with Crippen LogP contribution < -0.4 is 4.74 Å². The van der Waals surface area contributed by atoms with Gasteiger partial charge in [-0.15, -0.1) is 0 Å². The van der Waals surface area contributed by atoms with Crippen molar-refractivity contribution in [3.8, 4) is 11.5 Å². The van der Waals surface area contributed by atoms with E-state index in [-0.39, 0.29) is 24.0 Å². The molecule has 0 amide bonds. The van der Waals surface area contributed by atoms with E-state index in [2.05, 4.69) is 12.1 Å². The van der Waals surface area contributed by atoms with Gasteiger partial charge in [-0.1, -0.05) is 30.3 Å². The molecule has 1 saturated carbocycles. The molecule has 0 radical (unpaired) electrons. The van der Waals surface area contributed by atoms with Crippen LogP contribution in [-0.4, -0.2) is 36.5 Å². The highest BCUT2D eigenvalue weighted by molar-refractivity contribution is 5.66. The Labute approximate surface area is 165 Å². The molecule has 0 spiro atoms. The van der Waals surface area contributed by atoms with Crippen LogP contribution in [0.3, 0.4) is 0 Å². The van der Waals surface area contributed by atoms with Gasteiger partial charge in [0.2, 0.25) is 0 Å². The minimum absolute atomic E-state index is 0.0267. The van der Waals surface area contributed by atoms with Crippen LogP contribution in [0.1, 0.15) is 37.7 Å². The Hall–Kier alpha value is -2.37. The molecule has 0 atom stereocenters. The zero-order valence-electron chi connectivity index (χ0n) is 15.9. The molecule has 0 unspecified atom stereocenters. The van der Waals surface area contributed by atoms with E-state index >= 15 is 0 Å². The lowest BCUT2D eigenvalue weighted by atomic mass is 9.63. The summed E-state index contributed by atoms with van der Waals surface area (Å²) in [4.78, 5) is 10.6. The van der Waals surface area contributed by atoms with Crippen molar-refractivity contribution >= 4 is 5.97 Å². The van der Waals surface area contributed by atoms with Crippen molar-refractivity contribution in [3.05, 3.63) is 60.2 Å². The number of benzene rings is 2. The summed E-state index contributed by atoms with van der Waals surface area (Å²) in [7, 11) is 0. The summed E-state index contributed by atoms with van der Waals surface area (Å²) in [6.07, 6.45) is 4.00. The fourth-order valence-electron chi connectivity index (χ4n) is 4.25. The van der Waals surface area contributed by atoms with E-state index in [0.29, 0.717) is 13.2 Å². The molecular formula is C23H26O5. The van der Waals surface area contributed by atoms with Gasteiger partial charge in [-0.2, -0.15) is 0 Å². The fraction of sp³-hybridized carbons (Fsp3) is 0.435. The van der Waals surface area contributed by atoms with E-state index in [1.54, 1.807) is 0 Å². The van der Waals surface area contributed by atoms with E-state index in [0.717, 1.165) is 37.2 Å². The largest absolute Gasteiger partial charge is 0.481 e. The summed E-state index contributed by atoms with van der Waals surface area (Å²) < 4.78 is 17.9. The zero-order valence-corrected chi connectivity index (χ0v) is 15.9. The third kappa shape index (κ3) is 4.05. The highest BCUT2D eigenvalue weighted by Gasteiger charge is 2.50. The molecule has 2 bridgehead atoms. The lowest BCUT2D eigenvalue weighted by Crippen LogP contribution is -2.55. The molecule has 1 aliphatic carbocycles. The number of para-hydroxylation sites is 1. The molecule has 5 nitrogen and oxygen atoms in total. The Morgan fingerprint density at radius 2 is 1.75 bits per heavy atom. The molecule has 5 heteroatoms. The van der Waals surface area contributed by atoms with Crippen LogP contribution in [0.5, 0.6) is 11.5 Å². The molecule has 2 aliphatic heterocycles. The van der Waals surface area contributed by atoms with Crippen molar-refractivity contribution in [2.75, 3.05) is 19.8 Å². The summed E-state index contributed by atoms with van der Waals surface area (Å²) >= 11 is 0. The van der Waals surface area contributed by atoms with Crippen LogP contribution in [-0.2, 0) is 19.7 Å². The maximum atomic E-state index is 10.6. The predicted molar refractivity (Wildman–Crippen MR) is 105 cm³/mol. The van der Waals surface area contributed by atoms with Crippen molar-refractivity contribution in [1.29, 1.82) is 0 Å². The number of hydrogen-bond donors (Lipinski definition) is 1. The van der Waals surface area contributed by atoms with Gasteiger partial charge >= 0.3 is 5.97 Å². The molecule has 0 aromatic heterocycles. The number of carboxylic acids is 1. The Balaban J connectivity index is 1.40. The van der Waals surface area contributed by atoms with Crippen LogP contribution in [0.4, 0.5) is 0 Å². The quantitative estimate of drug-likeness (QED) is 0.679. The summed E-state index contributed by atoms with van der Waals surface area (Å²) in [5.41, 5.74) is 1.04. The number of fused-ring (bicyclic) bond motifs is 3. The van der Waals surface area contributed by atoms with E-state index < -0.39 is 5.97 Å². The SMILES string of the molecule is O=C(O)CCOCC12CCC(c3cccc(Oc4ccccc4)c3)(CC1)CO2. The minimum atomic E-state index is -0.831. The Morgan fingerprint density at radius 1 is 1.00 bits per heavy atom. The van der Waals surface area contributed by atoms with Crippen molar-refractivity contribution in [2.45, 2.75) is 43.1 Å². The smallest absolute Gasteiger partial charge is 0.305 e. The minimum Gasteiger partial charge on any atom is -0.481 e. The van der Waals surface area contributed by atoms with Crippen molar-refractivity contribution < 1.29 is 24.1 Å². The molecular weight excluding hydrogens is 356 g/mol. The Morgan fingerprint density at radius 3 is 2.43 bits per heavy atom. The first-order valence-electron chi connectivity index (χ1n) is 9.86. The zero-order chi connectivity index (χ0) is 19.5. The average molecular weight is 382 g/mol. The van der Waals surface area contributed by atoms with Crippen molar-refractivity contribution in [1.82, 2.24) is 0 Å². The second kappa shape index (κ2) is 7.94. The number of hydrogen-bond acceptors (Lipinski definition) is 4. The second-order valence-corrected chi connectivity index (χ2v) is 7.89. The maximum absolute atomic E-state index is 10.6. The lowest BCUT2D eigenvalue weighted by molar-refractivity contribution is -0.185. The summed E-state index contributed by atoms with van der Waals surface area (Å²) in [6.45, 7) is 1.39. The number of carbonyl (C=O) groups is 1. The third-order valence-electron chi connectivity index (χ3n) is 6.02.